The molecule has 1 spiro atoms. The van der Waals surface area contributed by atoms with Crippen LogP contribution in [0.3, 0.4) is 0 Å². The van der Waals surface area contributed by atoms with Crippen LogP contribution in [0, 0.1) is 0 Å². The molecule has 37 heavy (non-hydrogen) atoms. The van der Waals surface area contributed by atoms with Crippen LogP contribution in [-0.2, 0) is 27.2 Å². The quantitative estimate of drug-likeness (QED) is 0.502. The number of piperazine rings is 1. The van der Waals surface area contributed by atoms with Crippen molar-refractivity contribution in [1.82, 2.24) is 15.1 Å². The van der Waals surface area contributed by atoms with Gasteiger partial charge in [-0.2, -0.15) is 0 Å². The van der Waals surface area contributed by atoms with Gasteiger partial charge in [-0.05, 0) is 62.6 Å². The maximum absolute atomic E-state index is 13.8. The summed E-state index contributed by atoms with van der Waals surface area (Å²) in [7, 11) is 0. The first kappa shape index (κ1) is 27.6. The van der Waals surface area contributed by atoms with Gasteiger partial charge in [-0.1, -0.05) is 60.7 Å². The van der Waals surface area contributed by atoms with Gasteiger partial charge in [0.05, 0.1) is 6.10 Å². The average Bonchev–Trinajstić information content (AvgIpc) is 3.43. The highest BCUT2D eigenvalue weighted by atomic mass is 35.5. The maximum Gasteiger partial charge on any atom is 0.246 e. The number of carbonyl (C=O) groups excluding carboxylic acids is 2. The molecule has 0 radical (unpaired) electrons. The number of hydrogen-bond donors (Lipinski definition) is 1. The normalized spacial score (nSPS) is 23.6. The van der Waals surface area contributed by atoms with Crippen molar-refractivity contribution in [3.63, 3.8) is 0 Å². The number of nitrogens with one attached hydrogen (secondary N) is 1. The van der Waals surface area contributed by atoms with Gasteiger partial charge in [0.1, 0.15) is 11.6 Å². The molecule has 0 aromatic heterocycles. The number of amides is 2. The number of nitrogens with zero attached hydrogens (tertiary/aromatic N) is 2. The number of ether oxygens (including phenoxy) is 1. The number of likely N-dealkylation sites (tertiary alicyclic amines) is 1. The lowest BCUT2D eigenvalue weighted by Crippen LogP contribution is -2.73. The predicted molar refractivity (Wildman–Crippen MR) is 148 cm³/mol. The molecule has 3 heterocycles. The molecule has 6 nitrogen and oxygen atoms in total. The van der Waals surface area contributed by atoms with Crippen molar-refractivity contribution in [2.24, 2.45) is 0 Å². The van der Waals surface area contributed by atoms with E-state index >= 15 is 0 Å². The molecule has 0 bridgehead atoms. The lowest BCUT2D eigenvalue weighted by molar-refractivity contribution is -0.163. The van der Waals surface area contributed by atoms with Crippen molar-refractivity contribution >= 4 is 24.2 Å². The Bertz CT molecular complexity index is 1010. The average molecular weight is 526 g/mol. The van der Waals surface area contributed by atoms with Crippen LogP contribution in [-0.4, -0.2) is 72.1 Å². The molecule has 1 N–H and O–H groups in total. The molecule has 7 heteroatoms. The Hall–Kier alpha value is -2.41. The number of benzene rings is 2. The maximum atomic E-state index is 13.8. The molecule has 2 aromatic carbocycles. The number of rotatable bonds is 9. The van der Waals surface area contributed by atoms with Crippen LogP contribution in [0.4, 0.5) is 0 Å². The summed E-state index contributed by atoms with van der Waals surface area (Å²) < 4.78 is 5.91. The summed E-state index contributed by atoms with van der Waals surface area (Å²) in [6.45, 7) is 4.00. The third-order valence-electron chi connectivity index (χ3n) is 8.22. The molecule has 2 atom stereocenters. The smallest absolute Gasteiger partial charge is 0.246 e. The second-order valence-corrected chi connectivity index (χ2v) is 10.6. The Morgan fingerprint density at radius 1 is 0.919 bits per heavy atom. The van der Waals surface area contributed by atoms with E-state index < -0.39 is 11.6 Å². The molecule has 0 aliphatic carbocycles. The van der Waals surface area contributed by atoms with E-state index in [1.807, 2.05) is 35.2 Å². The van der Waals surface area contributed by atoms with Crippen molar-refractivity contribution in [3.05, 3.63) is 71.8 Å². The van der Waals surface area contributed by atoms with E-state index in [0.717, 1.165) is 63.9 Å². The van der Waals surface area contributed by atoms with Gasteiger partial charge in [0.2, 0.25) is 11.8 Å². The van der Waals surface area contributed by atoms with Crippen molar-refractivity contribution in [2.45, 2.75) is 69.1 Å². The summed E-state index contributed by atoms with van der Waals surface area (Å²) in [6.07, 6.45) is 7.33. The molecule has 2 amide bonds. The molecular weight excluding hydrogens is 486 g/mol. The number of hydrogen-bond acceptors (Lipinski definition) is 4. The summed E-state index contributed by atoms with van der Waals surface area (Å²) >= 11 is 0. The Morgan fingerprint density at radius 2 is 1.59 bits per heavy atom. The molecule has 2 aromatic rings. The lowest BCUT2D eigenvalue weighted by Gasteiger charge is -2.52. The summed E-state index contributed by atoms with van der Waals surface area (Å²) in [6, 6.07) is 20.1. The molecule has 3 fully saturated rings. The third-order valence-corrected chi connectivity index (χ3v) is 8.22. The van der Waals surface area contributed by atoms with Crippen LogP contribution in [0.15, 0.2) is 60.7 Å². The first-order chi connectivity index (χ1) is 17.6. The fourth-order valence-corrected chi connectivity index (χ4v) is 6.07. The number of piperidine rings is 1. The zero-order valence-electron chi connectivity index (χ0n) is 21.6. The van der Waals surface area contributed by atoms with Crippen LogP contribution in [0.5, 0.6) is 0 Å². The monoisotopic (exact) mass is 525 g/mol. The standard InChI is InChI=1S/C30H39N3O3.ClH/c34-28-27(22-25-13-5-2-6-14-25)31-29(35)30(33(28)23-26-15-9-21-36-26)16-19-32(20-17-30)18-8-7-12-24-10-3-1-4-11-24;/h1-6,10-11,13-14,26-27H,7-9,12,15-23H2,(H,31,35);1H/t26-,27-;/m1./s1. The minimum Gasteiger partial charge on any atom is -0.376 e. The summed E-state index contributed by atoms with van der Waals surface area (Å²) in [5.74, 6) is 0.0648. The zero-order chi connectivity index (χ0) is 24.8. The van der Waals surface area contributed by atoms with Crippen molar-refractivity contribution in [1.29, 1.82) is 0 Å². The third kappa shape index (κ3) is 6.54. The van der Waals surface area contributed by atoms with Crippen LogP contribution < -0.4 is 5.32 Å². The zero-order valence-corrected chi connectivity index (χ0v) is 22.5. The van der Waals surface area contributed by atoms with Gasteiger partial charge >= 0.3 is 0 Å². The Labute approximate surface area is 227 Å². The largest absolute Gasteiger partial charge is 0.376 e. The van der Waals surface area contributed by atoms with Gasteiger partial charge in [-0.3, -0.25) is 9.59 Å². The number of halogens is 1. The minimum atomic E-state index is -0.753. The van der Waals surface area contributed by atoms with Crippen molar-refractivity contribution in [2.75, 3.05) is 32.8 Å². The molecule has 0 saturated carbocycles. The van der Waals surface area contributed by atoms with E-state index in [-0.39, 0.29) is 30.3 Å². The van der Waals surface area contributed by atoms with Gasteiger partial charge in [0.25, 0.3) is 0 Å². The Balaban J connectivity index is 0.00000320. The van der Waals surface area contributed by atoms with Gasteiger partial charge in [0.15, 0.2) is 0 Å². The lowest BCUT2D eigenvalue weighted by atomic mass is 9.80. The SMILES string of the molecule is Cl.O=C1[C@@H](Cc2ccccc2)NC(=O)C2(CCN(CCCCc3ccccc3)CC2)N1C[C@H]1CCCO1. The van der Waals surface area contributed by atoms with Crippen molar-refractivity contribution in [3.8, 4) is 0 Å². The van der Waals surface area contributed by atoms with Gasteiger partial charge in [-0.15, -0.1) is 12.4 Å². The van der Waals surface area contributed by atoms with E-state index in [2.05, 4.69) is 40.5 Å². The highest BCUT2D eigenvalue weighted by molar-refractivity contribution is 6.00. The second-order valence-electron chi connectivity index (χ2n) is 10.6. The molecule has 3 aliphatic heterocycles. The van der Waals surface area contributed by atoms with Gasteiger partial charge < -0.3 is 19.9 Å². The molecule has 200 valence electrons. The summed E-state index contributed by atoms with van der Waals surface area (Å²) in [5.41, 5.74) is 1.70. The number of aryl methyl sites for hydroxylation is 1. The minimum absolute atomic E-state index is 0. The Kier molecular flexibility index (Phi) is 9.63. The molecule has 3 saturated heterocycles. The van der Waals surface area contributed by atoms with Crippen molar-refractivity contribution < 1.29 is 14.3 Å². The summed E-state index contributed by atoms with van der Waals surface area (Å²) in [5, 5.41) is 3.13. The van der Waals surface area contributed by atoms with E-state index in [0.29, 0.717) is 25.8 Å². The highest BCUT2D eigenvalue weighted by Crippen LogP contribution is 2.35. The second kappa shape index (κ2) is 12.9. The molecule has 0 unspecified atom stereocenters. The highest BCUT2D eigenvalue weighted by Gasteiger charge is 2.54. The van der Waals surface area contributed by atoms with Crippen LogP contribution >= 0.6 is 12.4 Å². The van der Waals surface area contributed by atoms with Crippen LogP contribution in [0.1, 0.15) is 49.7 Å². The van der Waals surface area contributed by atoms with E-state index in [9.17, 15) is 9.59 Å². The topological polar surface area (TPSA) is 61.9 Å². The predicted octanol–water partition coefficient (Wildman–Crippen LogP) is 4.01. The number of carbonyl (C=O) groups is 2. The molecule has 5 rings (SSSR count). The van der Waals surface area contributed by atoms with Crippen LogP contribution in [0.25, 0.3) is 0 Å². The van der Waals surface area contributed by atoms with Gasteiger partial charge in [0, 0.05) is 32.7 Å². The fraction of sp³-hybridized carbons (Fsp3) is 0.533. The Morgan fingerprint density at radius 3 is 2.24 bits per heavy atom. The number of unbranched alkanes of at least 4 members (excludes halogenated alkanes) is 1. The molecular formula is C30H40ClN3O3. The fourth-order valence-electron chi connectivity index (χ4n) is 6.07. The van der Waals surface area contributed by atoms with Gasteiger partial charge in [-0.25, -0.2) is 0 Å². The first-order valence-corrected chi connectivity index (χ1v) is 13.7. The molecule has 3 aliphatic rings. The summed E-state index contributed by atoms with van der Waals surface area (Å²) in [4.78, 5) is 31.9. The first-order valence-electron chi connectivity index (χ1n) is 13.7. The van der Waals surface area contributed by atoms with E-state index in [1.165, 1.54) is 5.56 Å². The van der Waals surface area contributed by atoms with E-state index in [1.54, 1.807) is 0 Å². The van der Waals surface area contributed by atoms with Crippen LogP contribution in [0.2, 0.25) is 0 Å². The van der Waals surface area contributed by atoms with E-state index in [4.69, 9.17) is 4.74 Å².